The maximum Gasteiger partial charge on any atom is 0.148 e. The first kappa shape index (κ1) is 12.0. The van der Waals surface area contributed by atoms with Crippen molar-refractivity contribution < 1.29 is 4.79 Å². The number of Topliss-reactive ketones (excluding diaryl/α,β-unsaturated/α-hetero) is 1. The van der Waals surface area contributed by atoms with E-state index in [9.17, 15) is 4.79 Å². The van der Waals surface area contributed by atoms with Crippen molar-refractivity contribution in [2.45, 2.75) is 38.0 Å². The van der Waals surface area contributed by atoms with Gasteiger partial charge in [-0.3, -0.25) is 9.79 Å². The van der Waals surface area contributed by atoms with Gasteiger partial charge in [0, 0.05) is 19.7 Å². The number of benzene rings is 1. The van der Waals surface area contributed by atoms with Crippen LogP contribution < -0.4 is 0 Å². The van der Waals surface area contributed by atoms with Gasteiger partial charge in [0.1, 0.15) is 5.78 Å². The van der Waals surface area contributed by atoms with E-state index in [4.69, 9.17) is 0 Å². The molecule has 0 spiro atoms. The van der Waals surface area contributed by atoms with Crippen LogP contribution in [0.3, 0.4) is 0 Å². The Kier molecular flexibility index (Phi) is 3.41. The molecule has 1 atom stereocenters. The minimum Gasteiger partial charge on any atom is -0.299 e. The van der Waals surface area contributed by atoms with E-state index in [2.05, 4.69) is 24.0 Å². The minimum absolute atomic E-state index is 0.323. The van der Waals surface area contributed by atoms with E-state index in [-0.39, 0.29) is 0 Å². The second-order valence-corrected chi connectivity index (χ2v) is 4.80. The summed E-state index contributed by atoms with van der Waals surface area (Å²) >= 11 is 0. The van der Waals surface area contributed by atoms with Gasteiger partial charge in [-0.25, -0.2) is 0 Å². The van der Waals surface area contributed by atoms with E-state index in [1.165, 1.54) is 5.56 Å². The molecule has 0 unspecified atom stereocenters. The van der Waals surface area contributed by atoms with Gasteiger partial charge in [0.25, 0.3) is 0 Å². The van der Waals surface area contributed by atoms with Crippen molar-refractivity contribution in [3.05, 3.63) is 35.4 Å². The molecular weight excluding hydrogens is 210 g/mol. The maximum absolute atomic E-state index is 12.4. The number of carbonyl (C=O) groups is 1. The zero-order valence-electron chi connectivity index (χ0n) is 10.6. The molecule has 90 valence electrons. The van der Waals surface area contributed by atoms with Crippen molar-refractivity contribution in [1.29, 1.82) is 0 Å². The smallest absolute Gasteiger partial charge is 0.148 e. The summed E-state index contributed by atoms with van der Waals surface area (Å²) in [6.07, 6.45) is 5.56. The van der Waals surface area contributed by atoms with Crippen molar-refractivity contribution in [3.63, 3.8) is 0 Å². The van der Waals surface area contributed by atoms with Gasteiger partial charge in [-0.1, -0.05) is 30.7 Å². The van der Waals surface area contributed by atoms with Crippen molar-refractivity contribution in [2.75, 3.05) is 7.05 Å². The first-order chi connectivity index (χ1) is 8.20. The van der Waals surface area contributed by atoms with Crippen molar-refractivity contribution in [3.8, 4) is 0 Å². The Bertz CT molecular complexity index is 450. The standard InChI is InChI=1S/C15H19NO/c1-12-7-3-4-8-13(12)15(11-16-2)10-6-5-9-14(15)17/h3-4,7-8,11H,5-6,9-10H2,1-2H3/t15-/m0/s1. The molecule has 0 radical (unpaired) electrons. The molecule has 17 heavy (non-hydrogen) atoms. The van der Waals surface area contributed by atoms with Gasteiger partial charge in [0.2, 0.25) is 0 Å². The van der Waals surface area contributed by atoms with E-state index in [1.54, 1.807) is 7.05 Å². The second-order valence-electron chi connectivity index (χ2n) is 4.80. The average molecular weight is 229 g/mol. The van der Waals surface area contributed by atoms with Gasteiger partial charge in [-0.2, -0.15) is 0 Å². The largest absolute Gasteiger partial charge is 0.299 e. The molecule has 0 bridgehead atoms. The third kappa shape index (κ3) is 2.04. The molecule has 0 N–H and O–H groups in total. The fourth-order valence-electron chi connectivity index (χ4n) is 2.84. The third-order valence-electron chi connectivity index (χ3n) is 3.70. The summed E-state index contributed by atoms with van der Waals surface area (Å²) in [4.78, 5) is 16.5. The molecule has 1 fully saturated rings. The van der Waals surface area contributed by atoms with E-state index in [0.717, 1.165) is 24.8 Å². The van der Waals surface area contributed by atoms with Gasteiger partial charge >= 0.3 is 0 Å². The highest BCUT2D eigenvalue weighted by molar-refractivity contribution is 6.06. The Morgan fingerprint density at radius 2 is 2.06 bits per heavy atom. The topological polar surface area (TPSA) is 29.4 Å². The molecule has 0 amide bonds. The second kappa shape index (κ2) is 4.82. The van der Waals surface area contributed by atoms with Crippen LogP contribution in [0.2, 0.25) is 0 Å². The molecular formula is C15H19NO. The molecule has 1 aromatic carbocycles. The quantitative estimate of drug-likeness (QED) is 0.717. The Morgan fingerprint density at radius 3 is 2.71 bits per heavy atom. The van der Waals surface area contributed by atoms with Gasteiger partial charge in [-0.15, -0.1) is 0 Å². The van der Waals surface area contributed by atoms with Crippen LogP contribution >= 0.6 is 0 Å². The summed E-state index contributed by atoms with van der Waals surface area (Å²) in [6, 6.07) is 8.17. The fourth-order valence-corrected chi connectivity index (χ4v) is 2.84. The molecule has 2 nitrogen and oxygen atoms in total. The van der Waals surface area contributed by atoms with Crippen molar-refractivity contribution in [2.24, 2.45) is 4.99 Å². The van der Waals surface area contributed by atoms with E-state index < -0.39 is 5.41 Å². The highest BCUT2D eigenvalue weighted by Gasteiger charge is 2.40. The SMILES string of the molecule is CN=C[C@]1(c2ccccc2C)CCCCC1=O. The Morgan fingerprint density at radius 1 is 1.29 bits per heavy atom. The van der Waals surface area contributed by atoms with Crippen LogP contribution in [0.4, 0.5) is 0 Å². The number of rotatable bonds is 2. The monoisotopic (exact) mass is 229 g/mol. The normalized spacial score (nSPS) is 25.4. The number of carbonyl (C=O) groups excluding carboxylic acids is 1. The van der Waals surface area contributed by atoms with E-state index >= 15 is 0 Å². The molecule has 2 rings (SSSR count). The first-order valence-electron chi connectivity index (χ1n) is 6.23. The predicted octanol–water partition coefficient (Wildman–Crippen LogP) is 3.08. The Labute approximate surface area is 103 Å². The van der Waals surface area contributed by atoms with Crippen LogP contribution in [0.5, 0.6) is 0 Å². The lowest BCUT2D eigenvalue weighted by molar-refractivity contribution is -0.123. The summed E-state index contributed by atoms with van der Waals surface area (Å²) in [5.74, 6) is 0.323. The summed E-state index contributed by atoms with van der Waals surface area (Å²) in [5.41, 5.74) is 1.86. The average Bonchev–Trinajstić information content (AvgIpc) is 2.33. The molecule has 1 aromatic rings. The Balaban J connectivity index is 2.55. The van der Waals surface area contributed by atoms with Gasteiger partial charge in [0.15, 0.2) is 0 Å². The Hall–Kier alpha value is -1.44. The summed E-state index contributed by atoms with van der Waals surface area (Å²) in [5, 5.41) is 0. The number of hydrogen-bond acceptors (Lipinski definition) is 2. The molecule has 0 heterocycles. The summed E-state index contributed by atoms with van der Waals surface area (Å²) in [6.45, 7) is 2.07. The molecule has 1 aliphatic carbocycles. The van der Waals surface area contributed by atoms with Gasteiger partial charge in [0.05, 0.1) is 5.41 Å². The molecule has 0 saturated heterocycles. The van der Waals surface area contributed by atoms with Crippen LogP contribution in [-0.2, 0) is 10.2 Å². The van der Waals surface area contributed by atoms with Crippen LogP contribution in [0.25, 0.3) is 0 Å². The van der Waals surface area contributed by atoms with E-state index in [0.29, 0.717) is 12.2 Å². The predicted molar refractivity (Wildman–Crippen MR) is 70.7 cm³/mol. The summed E-state index contributed by atoms with van der Waals surface area (Å²) < 4.78 is 0. The molecule has 1 aliphatic rings. The first-order valence-corrected chi connectivity index (χ1v) is 6.23. The van der Waals surface area contributed by atoms with Crippen LogP contribution in [0.1, 0.15) is 36.8 Å². The van der Waals surface area contributed by atoms with Gasteiger partial charge < -0.3 is 0 Å². The molecule has 1 saturated carbocycles. The lowest BCUT2D eigenvalue weighted by Gasteiger charge is -2.33. The number of aryl methyl sites for hydroxylation is 1. The van der Waals surface area contributed by atoms with Gasteiger partial charge in [-0.05, 0) is 30.9 Å². The van der Waals surface area contributed by atoms with Crippen LogP contribution in [-0.4, -0.2) is 19.0 Å². The van der Waals surface area contributed by atoms with Crippen LogP contribution in [0.15, 0.2) is 29.3 Å². The third-order valence-corrected chi connectivity index (χ3v) is 3.70. The highest BCUT2D eigenvalue weighted by atomic mass is 16.1. The number of ketones is 1. The molecule has 0 aromatic heterocycles. The van der Waals surface area contributed by atoms with Crippen molar-refractivity contribution >= 4 is 12.0 Å². The number of aliphatic imine (C=N–C) groups is 1. The number of nitrogens with zero attached hydrogens (tertiary/aromatic N) is 1. The lowest BCUT2D eigenvalue weighted by Crippen LogP contribution is -2.40. The number of hydrogen-bond donors (Lipinski definition) is 0. The van der Waals surface area contributed by atoms with Crippen molar-refractivity contribution in [1.82, 2.24) is 0 Å². The van der Waals surface area contributed by atoms with Crippen LogP contribution in [0, 0.1) is 6.92 Å². The maximum atomic E-state index is 12.4. The lowest BCUT2D eigenvalue weighted by atomic mass is 9.68. The molecule has 2 heteroatoms. The highest BCUT2D eigenvalue weighted by Crippen LogP contribution is 2.36. The minimum atomic E-state index is -0.460. The zero-order chi connectivity index (χ0) is 12.3. The zero-order valence-corrected chi connectivity index (χ0v) is 10.6. The van der Waals surface area contributed by atoms with E-state index in [1.807, 2.05) is 18.3 Å². The molecule has 0 aliphatic heterocycles. The summed E-state index contributed by atoms with van der Waals surface area (Å²) in [7, 11) is 1.75. The fraction of sp³-hybridized carbons (Fsp3) is 0.467.